The Balaban J connectivity index is 1.26. The maximum absolute atomic E-state index is 13.9. The number of hydrogen-bond acceptors (Lipinski definition) is 11. The van der Waals surface area contributed by atoms with Gasteiger partial charge in [0.25, 0.3) is 0 Å². The van der Waals surface area contributed by atoms with Gasteiger partial charge < -0.3 is 24.8 Å². The van der Waals surface area contributed by atoms with Crippen LogP contribution in [0.4, 0.5) is 23.1 Å². The minimum atomic E-state index is -0.720. The van der Waals surface area contributed by atoms with E-state index < -0.39 is 5.41 Å². The summed E-state index contributed by atoms with van der Waals surface area (Å²) in [6.07, 6.45) is 3.45. The molecule has 0 bridgehead atoms. The molecule has 6 rings (SSSR count). The van der Waals surface area contributed by atoms with Crippen LogP contribution < -0.4 is 15.1 Å². The molecular formula is C35H41N9O2. The molecule has 46 heavy (non-hydrogen) atoms. The summed E-state index contributed by atoms with van der Waals surface area (Å²) in [5.41, 5.74) is 5.76. The average molecular weight is 620 g/mol. The summed E-state index contributed by atoms with van der Waals surface area (Å²) in [6, 6.07) is 14.4. The molecule has 0 saturated carbocycles. The van der Waals surface area contributed by atoms with Gasteiger partial charge in [0.1, 0.15) is 17.4 Å². The predicted octanol–water partition coefficient (Wildman–Crippen LogP) is 4.68. The number of carbonyl (C=O) groups is 1. The maximum atomic E-state index is 13.9. The van der Waals surface area contributed by atoms with Crippen molar-refractivity contribution >= 4 is 40.0 Å². The van der Waals surface area contributed by atoms with Crippen LogP contribution in [0.25, 0.3) is 11.0 Å². The molecule has 2 saturated heterocycles. The number of piperazine rings is 1. The Kier molecular flexibility index (Phi) is 9.10. The standard InChI is InChI=1S/C35H41N9O2/c1-5-42-8-10-43(11-9-42)28-19-26(18-27(20-28)35(3,4)22-36)31(45)17-25-7-6-24(2)29(16-25)40-33-32-30(38-23-39-33)21-37-34(41-32)44-12-14-46-15-13-44/h6-7,16,18-21,23H,5,8-15,17H2,1-4H3,(H,38,39,40). The van der Waals surface area contributed by atoms with Crippen LogP contribution in [0.15, 0.2) is 48.9 Å². The number of rotatable bonds is 9. The molecule has 2 aliphatic rings. The Bertz CT molecular complexity index is 1770. The number of hydrogen-bond donors (Lipinski definition) is 1. The highest BCUT2D eigenvalue weighted by atomic mass is 16.5. The first-order valence-corrected chi connectivity index (χ1v) is 16.0. The second-order valence-corrected chi connectivity index (χ2v) is 12.5. The van der Waals surface area contributed by atoms with Crippen LogP contribution in [0.2, 0.25) is 0 Å². The molecule has 2 aromatic carbocycles. The monoisotopic (exact) mass is 619 g/mol. The van der Waals surface area contributed by atoms with Crippen molar-refractivity contribution in [1.29, 1.82) is 5.26 Å². The Hall–Kier alpha value is -4.66. The Morgan fingerprint density at radius 2 is 1.78 bits per heavy atom. The van der Waals surface area contributed by atoms with Crippen LogP contribution in [-0.2, 0) is 16.6 Å². The summed E-state index contributed by atoms with van der Waals surface area (Å²) in [5, 5.41) is 13.4. The highest BCUT2D eigenvalue weighted by molar-refractivity contribution is 5.99. The molecule has 2 fully saturated rings. The lowest BCUT2D eigenvalue weighted by atomic mass is 9.84. The van der Waals surface area contributed by atoms with Gasteiger partial charge in [-0.1, -0.05) is 19.1 Å². The smallest absolute Gasteiger partial charge is 0.226 e. The number of ketones is 1. The third-order valence-corrected chi connectivity index (χ3v) is 9.00. The number of anilines is 4. The Morgan fingerprint density at radius 3 is 2.52 bits per heavy atom. The van der Waals surface area contributed by atoms with Gasteiger partial charge in [0.2, 0.25) is 5.95 Å². The molecule has 238 valence electrons. The molecule has 2 aliphatic heterocycles. The number of benzene rings is 2. The van der Waals surface area contributed by atoms with Crippen molar-refractivity contribution in [3.63, 3.8) is 0 Å². The van der Waals surface area contributed by atoms with Gasteiger partial charge in [-0.25, -0.2) is 19.9 Å². The van der Waals surface area contributed by atoms with E-state index in [0.717, 1.165) is 73.9 Å². The van der Waals surface area contributed by atoms with Crippen molar-refractivity contribution in [2.45, 2.75) is 39.5 Å². The molecule has 0 aliphatic carbocycles. The summed E-state index contributed by atoms with van der Waals surface area (Å²) in [4.78, 5) is 38.9. The molecule has 4 aromatic rings. The molecule has 11 heteroatoms. The highest BCUT2D eigenvalue weighted by Gasteiger charge is 2.25. The minimum absolute atomic E-state index is 0.00853. The van der Waals surface area contributed by atoms with E-state index in [4.69, 9.17) is 9.72 Å². The highest BCUT2D eigenvalue weighted by Crippen LogP contribution is 2.31. The molecule has 0 unspecified atom stereocenters. The van der Waals surface area contributed by atoms with Gasteiger partial charge in [-0.3, -0.25) is 4.79 Å². The van der Waals surface area contributed by atoms with Crippen LogP contribution in [0, 0.1) is 18.3 Å². The number of nitrogens with one attached hydrogen (secondary N) is 1. The SMILES string of the molecule is CCN1CCN(c2cc(C(=O)Cc3ccc(C)c(Nc4ncnc5cnc(N6CCOCC6)nc45)c3)cc(C(C)(C)C#N)c2)CC1. The number of fused-ring (bicyclic) bond motifs is 1. The molecule has 1 N–H and O–H groups in total. The van der Waals surface area contributed by atoms with Gasteiger partial charge in [0, 0.05) is 62.6 Å². The van der Waals surface area contributed by atoms with E-state index in [9.17, 15) is 10.1 Å². The summed E-state index contributed by atoms with van der Waals surface area (Å²) < 4.78 is 5.48. The van der Waals surface area contributed by atoms with Crippen molar-refractivity contribution in [2.24, 2.45) is 0 Å². The van der Waals surface area contributed by atoms with E-state index in [-0.39, 0.29) is 12.2 Å². The first-order valence-electron chi connectivity index (χ1n) is 16.0. The maximum Gasteiger partial charge on any atom is 0.226 e. The summed E-state index contributed by atoms with van der Waals surface area (Å²) in [7, 11) is 0. The summed E-state index contributed by atoms with van der Waals surface area (Å²) in [5.74, 6) is 1.21. The third-order valence-electron chi connectivity index (χ3n) is 9.00. The first kappa shape index (κ1) is 31.3. The van der Waals surface area contributed by atoms with Crippen LogP contribution >= 0.6 is 0 Å². The number of carbonyl (C=O) groups excluding carboxylic acids is 1. The van der Waals surface area contributed by atoms with E-state index in [1.165, 1.54) is 6.33 Å². The number of nitrogens with zero attached hydrogens (tertiary/aromatic N) is 8. The van der Waals surface area contributed by atoms with Crippen LogP contribution in [-0.4, -0.2) is 89.6 Å². The zero-order valence-corrected chi connectivity index (χ0v) is 27.1. The molecule has 0 radical (unpaired) electrons. The summed E-state index contributed by atoms with van der Waals surface area (Å²) in [6.45, 7) is 15.5. The number of likely N-dealkylation sites (N-methyl/N-ethyl adjacent to an activating group) is 1. The van der Waals surface area contributed by atoms with E-state index >= 15 is 0 Å². The van der Waals surface area contributed by atoms with Crippen molar-refractivity contribution in [1.82, 2.24) is 24.8 Å². The quantitative estimate of drug-likeness (QED) is 0.263. The lowest BCUT2D eigenvalue weighted by molar-refractivity contribution is 0.0993. The van der Waals surface area contributed by atoms with Crippen molar-refractivity contribution in [2.75, 3.05) is 74.1 Å². The fraction of sp³-hybridized carbons (Fsp3) is 0.429. The number of ether oxygens (including phenoxy) is 1. The van der Waals surface area contributed by atoms with Gasteiger partial charge in [-0.05, 0) is 68.3 Å². The molecule has 11 nitrogen and oxygen atoms in total. The van der Waals surface area contributed by atoms with E-state index in [2.05, 4.69) is 54.0 Å². The van der Waals surface area contributed by atoms with Gasteiger partial charge in [0.05, 0.1) is 30.9 Å². The zero-order chi connectivity index (χ0) is 32.3. The lowest BCUT2D eigenvalue weighted by Gasteiger charge is -2.36. The van der Waals surface area contributed by atoms with Crippen LogP contribution in [0.5, 0.6) is 0 Å². The number of aromatic nitrogens is 4. The lowest BCUT2D eigenvalue weighted by Crippen LogP contribution is -2.46. The summed E-state index contributed by atoms with van der Waals surface area (Å²) >= 11 is 0. The largest absolute Gasteiger partial charge is 0.378 e. The number of nitriles is 1. The zero-order valence-electron chi connectivity index (χ0n) is 27.1. The molecule has 0 spiro atoms. The second-order valence-electron chi connectivity index (χ2n) is 12.5. The number of aryl methyl sites for hydroxylation is 1. The molecule has 0 atom stereocenters. The molecule has 4 heterocycles. The molecule has 2 aromatic heterocycles. The molecular weight excluding hydrogens is 578 g/mol. The van der Waals surface area contributed by atoms with Gasteiger partial charge in [0.15, 0.2) is 11.6 Å². The van der Waals surface area contributed by atoms with E-state index in [1.807, 2.05) is 51.1 Å². The number of Topliss-reactive ketones (excluding diaryl/α,β-unsaturated/α-hetero) is 1. The fourth-order valence-electron chi connectivity index (χ4n) is 5.88. The number of morpholine rings is 1. The Morgan fingerprint density at radius 1 is 1.00 bits per heavy atom. The Labute approximate surface area is 270 Å². The normalized spacial score (nSPS) is 16.0. The van der Waals surface area contributed by atoms with Gasteiger partial charge in [-0.2, -0.15) is 5.26 Å². The van der Waals surface area contributed by atoms with Crippen LogP contribution in [0.3, 0.4) is 0 Å². The third kappa shape index (κ3) is 6.78. The van der Waals surface area contributed by atoms with Crippen LogP contribution in [0.1, 0.15) is 47.8 Å². The topological polar surface area (TPSA) is 123 Å². The second kappa shape index (κ2) is 13.4. The van der Waals surface area contributed by atoms with Crippen molar-refractivity contribution < 1.29 is 9.53 Å². The molecule has 0 amide bonds. The van der Waals surface area contributed by atoms with Gasteiger partial charge in [-0.15, -0.1) is 0 Å². The van der Waals surface area contributed by atoms with Gasteiger partial charge >= 0.3 is 0 Å². The average Bonchev–Trinajstić information content (AvgIpc) is 3.09. The van der Waals surface area contributed by atoms with Crippen molar-refractivity contribution in [3.8, 4) is 6.07 Å². The fourth-order valence-corrected chi connectivity index (χ4v) is 5.88. The first-order chi connectivity index (χ1) is 22.2. The van der Waals surface area contributed by atoms with E-state index in [1.54, 1.807) is 6.20 Å². The predicted molar refractivity (Wildman–Crippen MR) is 180 cm³/mol. The van der Waals surface area contributed by atoms with Crippen molar-refractivity contribution in [3.05, 3.63) is 71.2 Å². The van der Waals surface area contributed by atoms with E-state index in [0.29, 0.717) is 41.6 Å². The minimum Gasteiger partial charge on any atom is -0.378 e.